The summed E-state index contributed by atoms with van der Waals surface area (Å²) in [5.74, 6) is -0.165. The molecule has 0 saturated heterocycles. The number of H-pyrrole nitrogens is 1. The smallest absolute Gasteiger partial charge is 0.267 e. The Morgan fingerprint density at radius 2 is 1.40 bits per heavy atom. The third kappa shape index (κ3) is 4.67. The summed E-state index contributed by atoms with van der Waals surface area (Å²) in [7, 11) is -3.66. The molecule has 1 amide bonds. The molecule has 1 heterocycles. The van der Waals surface area contributed by atoms with Gasteiger partial charge in [0.1, 0.15) is 11.4 Å². The van der Waals surface area contributed by atoms with Crippen LogP contribution in [0.1, 0.15) is 16.1 Å². The van der Waals surface area contributed by atoms with E-state index in [1.165, 1.54) is 0 Å². The van der Waals surface area contributed by atoms with E-state index in [0.717, 1.165) is 27.6 Å². The Morgan fingerprint density at radius 3 is 2.09 bits per heavy atom. The van der Waals surface area contributed by atoms with Crippen LogP contribution in [0.15, 0.2) is 113 Å². The first-order chi connectivity index (χ1) is 16.9. The molecule has 0 aliphatic heterocycles. The summed E-state index contributed by atoms with van der Waals surface area (Å²) in [4.78, 5) is 15.9. The molecular weight excluding hydrogens is 460 g/mol. The lowest BCUT2D eigenvalue weighted by Gasteiger charge is -2.08. The molecule has 0 radical (unpaired) electrons. The average molecular weight is 483 g/mol. The number of hydrogen-bond donors (Lipinski definition) is 3. The minimum absolute atomic E-state index is 0.130. The monoisotopic (exact) mass is 482 g/mol. The fourth-order valence-corrected chi connectivity index (χ4v) is 5.16. The number of aromatic hydroxyl groups is 1. The maximum absolute atomic E-state index is 13.1. The highest BCUT2D eigenvalue weighted by molar-refractivity contribution is 7.91. The van der Waals surface area contributed by atoms with Crippen molar-refractivity contribution in [3.8, 4) is 16.9 Å². The maximum Gasteiger partial charge on any atom is 0.267 e. The number of hydrogen-bond acceptors (Lipinski definition) is 4. The molecule has 3 N–H and O–H groups in total. The fraction of sp³-hybridized carbons (Fsp3) is 0.0357. The van der Waals surface area contributed by atoms with E-state index in [9.17, 15) is 18.3 Å². The van der Waals surface area contributed by atoms with Gasteiger partial charge in [0, 0.05) is 17.4 Å². The largest absolute Gasteiger partial charge is 0.508 e. The molecule has 174 valence electrons. The molecule has 5 aromatic rings. The van der Waals surface area contributed by atoms with Gasteiger partial charge >= 0.3 is 0 Å². The summed E-state index contributed by atoms with van der Waals surface area (Å²) in [5, 5.41) is 13.1. The van der Waals surface area contributed by atoms with Gasteiger partial charge in [-0.15, -0.1) is 0 Å². The van der Waals surface area contributed by atoms with Crippen molar-refractivity contribution in [1.82, 2.24) is 10.3 Å². The lowest BCUT2D eigenvalue weighted by molar-refractivity contribution is 0.0946. The number of amides is 1. The molecule has 0 bridgehead atoms. The summed E-state index contributed by atoms with van der Waals surface area (Å²) >= 11 is 0. The van der Waals surface area contributed by atoms with E-state index in [4.69, 9.17) is 0 Å². The van der Waals surface area contributed by atoms with Crippen LogP contribution >= 0.6 is 0 Å². The quantitative estimate of drug-likeness (QED) is 0.306. The zero-order chi connectivity index (χ0) is 24.4. The highest BCUT2D eigenvalue weighted by Gasteiger charge is 2.18. The summed E-state index contributed by atoms with van der Waals surface area (Å²) in [6.45, 7) is 0.242. The summed E-state index contributed by atoms with van der Waals surface area (Å²) in [6.07, 6.45) is 0. The van der Waals surface area contributed by atoms with E-state index in [2.05, 4.69) is 10.3 Å². The van der Waals surface area contributed by atoms with Crippen LogP contribution < -0.4 is 5.32 Å². The molecular formula is C28H22N2O4S. The number of sulfone groups is 1. The van der Waals surface area contributed by atoms with E-state index in [1.54, 1.807) is 72.8 Å². The number of aromatic nitrogens is 1. The molecule has 0 saturated carbocycles. The topological polar surface area (TPSA) is 99.3 Å². The number of carbonyl (C=O) groups excluding carboxylic acids is 1. The van der Waals surface area contributed by atoms with Crippen LogP contribution in [0.5, 0.6) is 5.75 Å². The fourth-order valence-electron chi connectivity index (χ4n) is 3.90. The minimum Gasteiger partial charge on any atom is -0.508 e. The van der Waals surface area contributed by atoms with Crippen molar-refractivity contribution in [2.24, 2.45) is 0 Å². The van der Waals surface area contributed by atoms with Gasteiger partial charge in [0.05, 0.1) is 9.79 Å². The van der Waals surface area contributed by atoms with Crippen molar-refractivity contribution < 1.29 is 18.3 Å². The third-order valence-corrected chi connectivity index (χ3v) is 7.59. The SMILES string of the molecule is O=C(NCc1ccc(S(=O)(=O)c2ccc(-c3ccccc3)cc2)cc1)c1cc2cc(O)ccc2[nH]1. The molecule has 6 nitrogen and oxygen atoms in total. The van der Waals surface area contributed by atoms with Gasteiger partial charge in [-0.3, -0.25) is 4.79 Å². The van der Waals surface area contributed by atoms with Crippen molar-refractivity contribution in [2.45, 2.75) is 16.3 Å². The molecule has 0 atom stereocenters. The van der Waals surface area contributed by atoms with E-state index in [-0.39, 0.29) is 28.0 Å². The second kappa shape index (κ2) is 9.12. The van der Waals surface area contributed by atoms with Gasteiger partial charge in [0.25, 0.3) is 5.91 Å². The van der Waals surface area contributed by atoms with Crippen LogP contribution in [0.3, 0.4) is 0 Å². The van der Waals surface area contributed by atoms with E-state index < -0.39 is 9.84 Å². The van der Waals surface area contributed by atoms with Gasteiger partial charge < -0.3 is 15.4 Å². The maximum atomic E-state index is 13.1. The van der Waals surface area contributed by atoms with Crippen molar-refractivity contribution >= 4 is 26.6 Å². The number of fused-ring (bicyclic) bond motifs is 1. The molecule has 4 aromatic carbocycles. The Balaban J connectivity index is 1.26. The predicted octanol–water partition coefficient (Wildman–Crippen LogP) is 5.30. The van der Waals surface area contributed by atoms with Crippen LogP contribution in [-0.4, -0.2) is 24.4 Å². The van der Waals surface area contributed by atoms with Gasteiger partial charge in [-0.2, -0.15) is 0 Å². The Bertz CT molecular complexity index is 1610. The van der Waals surface area contributed by atoms with Gasteiger partial charge in [0.2, 0.25) is 9.84 Å². The van der Waals surface area contributed by atoms with Gasteiger partial charge in [-0.05, 0) is 65.2 Å². The van der Waals surface area contributed by atoms with Crippen LogP contribution in [0.2, 0.25) is 0 Å². The van der Waals surface area contributed by atoms with Crippen molar-refractivity contribution in [2.75, 3.05) is 0 Å². The molecule has 0 unspecified atom stereocenters. The summed E-state index contributed by atoms with van der Waals surface area (Å²) in [5.41, 5.74) is 3.87. The molecule has 0 spiro atoms. The predicted molar refractivity (Wildman–Crippen MR) is 135 cm³/mol. The highest BCUT2D eigenvalue weighted by Crippen LogP contribution is 2.25. The number of benzene rings is 4. The summed E-state index contributed by atoms with van der Waals surface area (Å²) in [6, 6.07) is 29.6. The average Bonchev–Trinajstić information content (AvgIpc) is 3.31. The van der Waals surface area contributed by atoms with Crippen molar-refractivity contribution in [1.29, 1.82) is 0 Å². The Labute approximate surface area is 202 Å². The second-order valence-electron chi connectivity index (χ2n) is 8.18. The number of phenolic OH excluding ortho intramolecular Hbond substituents is 1. The van der Waals surface area contributed by atoms with Gasteiger partial charge in [-0.1, -0.05) is 54.6 Å². The normalized spacial score (nSPS) is 11.4. The molecule has 35 heavy (non-hydrogen) atoms. The standard InChI is InChI=1S/C28H22N2O4S/c31-23-10-15-26-22(16-23)17-27(30-26)28(32)29-18-19-6-11-24(12-7-19)35(33,34)25-13-8-21(9-14-25)20-4-2-1-3-5-20/h1-17,30-31H,18H2,(H,29,32). The van der Waals surface area contributed by atoms with E-state index in [0.29, 0.717) is 5.69 Å². The van der Waals surface area contributed by atoms with Crippen LogP contribution in [0, 0.1) is 0 Å². The summed E-state index contributed by atoms with van der Waals surface area (Å²) < 4.78 is 26.1. The molecule has 0 aliphatic carbocycles. The molecule has 1 aromatic heterocycles. The van der Waals surface area contributed by atoms with Gasteiger partial charge in [0.15, 0.2) is 0 Å². The number of carbonyl (C=O) groups is 1. The third-order valence-electron chi connectivity index (χ3n) is 5.81. The van der Waals surface area contributed by atoms with Crippen LogP contribution in [-0.2, 0) is 16.4 Å². The second-order valence-corrected chi connectivity index (χ2v) is 10.1. The number of aromatic amines is 1. The number of nitrogens with one attached hydrogen (secondary N) is 2. The first kappa shape index (κ1) is 22.4. The molecule has 0 fully saturated rings. The minimum atomic E-state index is -3.66. The zero-order valence-corrected chi connectivity index (χ0v) is 19.4. The highest BCUT2D eigenvalue weighted by atomic mass is 32.2. The van der Waals surface area contributed by atoms with Gasteiger partial charge in [-0.25, -0.2) is 8.42 Å². The number of phenols is 1. The van der Waals surface area contributed by atoms with Crippen molar-refractivity contribution in [3.63, 3.8) is 0 Å². The lowest BCUT2D eigenvalue weighted by Crippen LogP contribution is -2.23. The lowest BCUT2D eigenvalue weighted by atomic mass is 10.1. The Kier molecular flexibility index (Phi) is 5.84. The van der Waals surface area contributed by atoms with E-state index in [1.807, 2.05) is 30.3 Å². The number of rotatable bonds is 6. The van der Waals surface area contributed by atoms with Crippen molar-refractivity contribution in [3.05, 3.63) is 114 Å². The Hall–Kier alpha value is -4.36. The Morgan fingerprint density at radius 1 is 0.771 bits per heavy atom. The first-order valence-electron chi connectivity index (χ1n) is 11.0. The van der Waals surface area contributed by atoms with E-state index >= 15 is 0 Å². The molecule has 5 rings (SSSR count). The first-order valence-corrected chi connectivity index (χ1v) is 12.5. The van der Waals surface area contributed by atoms with Crippen LogP contribution in [0.4, 0.5) is 0 Å². The van der Waals surface area contributed by atoms with Crippen LogP contribution in [0.25, 0.3) is 22.0 Å². The molecule has 7 heteroatoms. The zero-order valence-electron chi connectivity index (χ0n) is 18.6. The molecule has 0 aliphatic rings.